The number of carbonyl (C=O) groups is 1. The molecule has 3 rings (SSSR count). The molecule has 180 valence electrons. The lowest BCUT2D eigenvalue weighted by molar-refractivity contribution is -0.128. The summed E-state index contributed by atoms with van der Waals surface area (Å²) in [7, 11) is 1.82. The summed E-state index contributed by atoms with van der Waals surface area (Å²) in [6.07, 6.45) is 2.82. The molecule has 7 nitrogen and oxygen atoms in total. The van der Waals surface area contributed by atoms with Crippen molar-refractivity contribution in [2.24, 2.45) is 10.9 Å². The largest absolute Gasteiger partial charge is 0.379 e. The maximum absolute atomic E-state index is 11.9. The van der Waals surface area contributed by atoms with Crippen LogP contribution in [0.5, 0.6) is 0 Å². The SMILES string of the molecule is CN=C(NCc1cccc(CN2CCCC2=O)c1)NCC(CC(C)C)N1CCOCC1.I. The zero-order valence-electron chi connectivity index (χ0n) is 19.8. The van der Waals surface area contributed by atoms with Crippen molar-refractivity contribution in [3.8, 4) is 0 Å². The van der Waals surface area contributed by atoms with E-state index in [9.17, 15) is 4.79 Å². The Balaban J connectivity index is 0.00000363. The number of aliphatic imine (C=N–C) groups is 1. The van der Waals surface area contributed by atoms with Gasteiger partial charge in [-0.25, -0.2) is 0 Å². The Morgan fingerprint density at radius 1 is 1.16 bits per heavy atom. The van der Waals surface area contributed by atoms with Crippen LogP contribution in [0.4, 0.5) is 0 Å². The van der Waals surface area contributed by atoms with Crippen molar-refractivity contribution in [2.45, 2.75) is 52.2 Å². The lowest BCUT2D eigenvalue weighted by Gasteiger charge is -2.35. The summed E-state index contributed by atoms with van der Waals surface area (Å²) in [5.74, 6) is 1.74. The third-order valence-electron chi connectivity index (χ3n) is 6.03. The van der Waals surface area contributed by atoms with Gasteiger partial charge in [-0.15, -0.1) is 24.0 Å². The first-order chi connectivity index (χ1) is 15.0. The molecule has 1 atom stereocenters. The number of hydrogen-bond donors (Lipinski definition) is 2. The van der Waals surface area contributed by atoms with Crippen LogP contribution in [0, 0.1) is 5.92 Å². The molecule has 0 spiro atoms. The molecule has 8 heteroatoms. The van der Waals surface area contributed by atoms with Gasteiger partial charge in [0, 0.05) is 58.8 Å². The van der Waals surface area contributed by atoms with Crippen molar-refractivity contribution >= 4 is 35.8 Å². The van der Waals surface area contributed by atoms with Crippen molar-refractivity contribution in [1.82, 2.24) is 20.4 Å². The summed E-state index contributed by atoms with van der Waals surface area (Å²) in [6.45, 7) is 11.3. The van der Waals surface area contributed by atoms with Crippen molar-refractivity contribution in [1.29, 1.82) is 0 Å². The fourth-order valence-electron chi connectivity index (χ4n) is 4.40. The van der Waals surface area contributed by atoms with Crippen molar-refractivity contribution < 1.29 is 9.53 Å². The third kappa shape index (κ3) is 8.51. The van der Waals surface area contributed by atoms with Gasteiger partial charge >= 0.3 is 0 Å². The summed E-state index contributed by atoms with van der Waals surface area (Å²) in [5.41, 5.74) is 2.38. The van der Waals surface area contributed by atoms with Crippen LogP contribution < -0.4 is 10.6 Å². The van der Waals surface area contributed by atoms with E-state index >= 15 is 0 Å². The Labute approximate surface area is 210 Å². The predicted molar refractivity (Wildman–Crippen MR) is 140 cm³/mol. The molecule has 2 heterocycles. The van der Waals surface area contributed by atoms with Gasteiger partial charge in [0.05, 0.1) is 13.2 Å². The minimum atomic E-state index is 0. The molecule has 1 aromatic carbocycles. The molecule has 2 aliphatic heterocycles. The lowest BCUT2D eigenvalue weighted by atomic mass is 10.0. The first kappa shape index (κ1) is 26.9. The van der Waals surface area contributed by atoms with E-state index in [4.69, 9.17) is 4.74 Å². The zero-order chi connectivity index (χ0) is 22.1. The van der Waals surface area contributed by atoms with Gasteiger partial charge in [0.1, 0.15) is 0 Å². The Hall–Kier alpha value is -1.39. The van der Waals surface area contributed by atoms with Crippen LogP contribution in [0.2, 0.25) is 0 Å². The summed E-state index contributed by atoms with van der Waals surface area (Å²) in [4.78, 5) is 20.8. The van der Waals surface area contributed by atoms with E-state index in [0.29, 0.717) is 31.5 Å². The molecule has 0 aromatic heterocycles. The van der Waals surface area contributed by atoms with Gasteiger partial charge in [-0.1, -0.05) is 38.1 Å². The van der Waals surface area contributed by atoms with E-state index in [-0.39, 0.29) is 29.9 Å². The Morgan fingerprint density at radius 2 is 1.91 bits per heavy atom. The number of carbonyl (C=O) groups excluding carboxylic acids is 1. The highest BCUT2D eigenvalue weighted by Gasteiger charge is 2.22. The van der Waals surface area contributed by atoms with Gasteiger partial charge in [-0.05, 0) is 29.9 Å². The Kier molecular flexibility index (Phi) is 11.7. The number of amides is 1. The number of halogens is 1. The maximum atomic E-state index is 11.9. The van der Waals surface area contributed by atoms with E-state index in [1.54, 1.807) is 0 Å². The molecule has 0 saturated carbocycles. The number of nitrogens with zero attached hydrogens (tertiary/aromatic N) is 3. The van der Waals surface area contributed by atoms with E-state index in [1.165, 1.54) is 11.1 Å². The van der Waals surface area contributed by atoms with Crippen molar-refractivity contribution in [3.05, 3.63) is 35.4 Å². The van der Waals surface area contributed by atoms with E-state index < -0.39 is 0 Å². The number of nitrogens with one attached hydrogen (secondary N) is 2. The van der Waals surface area contributed by atoms with Gasteiger partial charge in [-0.3, -0.25) is 14.7 Å². The second kappa shape index (κ2) is 14.0. The maximum Gasteiger partial charge on any atom is 0.222 e. The van der Waals surface area contributed by atoms with Crippen molar-refractivity contribution in [3.63, 3.8) is 0 Å². The predicted octanol–water partition coefficient (Wildman–Crippen LogP) is 2.84. The number of hydrogen-bond acceptors (Lipinski definition) is 4. The van der Waals surface area contributed by atoms with Crippen LogP contribution in [-0.4, -0.2) is 74.1 Å². The van der Waals surface area contributed by atoms with Crippen LogP contribution in [0.15, 0.2) is 29.3 Å². The molecule has 2 N–H and O–H groups in total. The molecule has 0 bridgehead atoms. The molecule has 32 heavy (non-hydrogen) atoms. The zero-order valence-corrected chi connectivity index (χ0v) is 22.1. The highest BCUT2D eigenvalue weighted by atomic mass is 127. The van der Waals surface area contributed by atoms with Crippen LogP contribution in [-0.2, 0) is 22.6 Å². The van der Waals surface area contributed by atoms with E-state index in [1.807, 2.05) is 11.9 Å². The summed E-state index contributed by atoms with van der Waals surface area (Å²) in [5, 5.41) is 6.97. The first-order valence-electron chi connectivity index (χ1n) is 11.7. The number of morpholine rings is 1. The minimum absolute atomic E-state index is 0. The average molecular weight is 558 g/mol. The number of guanidine groups is 1. The standard InChI is InChI=1S/C24H39N5O2.HI/c1-19(2)14-22(28-10-12-31-13-11-28)17-27-24(25-3)26-16-20-6-4-7-21(15-20)18-29-9-5-8-23(29)30;/h4,6-7,15,19,22H,5,8-14,16-18H2,1-3H3,(H2,25,26,27);1H. The number of rotatable bonds is 9. The molecule has 1 unspecified atom stereocenters. The number of benzene rings is 1. The highest BCUT2D eigenvalue weighted by molar-refractivity contribution is 14.0. The molecule has 1 aromatic rings. The highest BCUT2D eigenvalue weighted by Crippen LogP contribution is 2.15. The third-order valence-corrected chi connectivity index (χ3v) is 6.03. The van der Waals surface area contributed by atoms with Crippen molar-refractivity contribution in [2.75, 3.05) is 46.4 Å². The normalized spacial score (nSPS) is 18.6. The summed E-state index contributed by atoms with van der Waals surface area (Å²) < 4.78 is 5.53. The molecule has 2 aliphatic rings. The smallest absolute Gasteiger partial charge is 0.222 e. The van der Waals surface area contributed by atoms with Crippen LogP contribution in [0.1, 0.15) is 44.2 Å². The number of ether oxygens (including phenoxy) is 1. The minimum Gasteiger partial charge on any atom is -0.379 e. The van der Waals surface area contributed by atoms with Gasteiger partial charge < -0.3 is 20.3 Å². The molecular weight excluding hydrogens is 517 g/mol. The van der Waals surface area contributed by atoms with Gasteiger partial charge in [0.25, 0.3) is 0 Å². The molecule has 0 radical (unpaired) electrons. The topological polar surface area (TPSA) is 69.2 Å². The molecule has 0 aliphatic carbocycles. The quantitative estimate of drug-likeness (QED) is 0.278. The molecular formula is C24H40IN5O2. The second-order valence-corrected chi connectivity index (χ2v) is 8.98. The summed E-state index contributed by atoms with van der Waals surface area (Å²) in [6, 6.07) is 8.94. The molecule has 2 saturated heterocycles. The summed E-state index contributed by atoms with van der Waals surface area (Å²) >= 11 is 0. The van der Waals surface area contributed by atoms with Crippen LogP contribution in [0.25, 0.3) is 0 Å². The van der Waals surface area contributed by atoms with Gasteiger partial charge in [-0.2, -0.15) is 0 Å². The van der Waals surface area contributed by atoms with E-state index in [2.05, 4.69) is 58.6 Å². The lowest BCUT2D eigenvalue weighted by Crippen LogP contribution is -2.50. The first-order valence-corrected chi connectivity index (χ1v) is 11.7. The van der Waals surface area contributed by atoms with Gasteiger partial charge in [0.2, 0.25) is 5.91 Å². The number of likely N-dealkylation sites (tertiary alicyclic amines) is 1. The monoisotopic (exact) mass is 557 g/mol. The molecule has 2 fully saturated rings. The average Bonchev–Trinajstić information content (AvgIpc) is 3.18. The van der Waals surface area contributed by atoms with Crippen LogP contribution in [0.3, 0.4) is 0 Å². The molecule has 1 amide bonds. The Morgan fingerprint density at radius 3 is 2.56 bits per heavy atom. The van der Waals surface area contributed by atoms with Gasteiger partial charge in [0.15, 0.2) is 5.96 Å². The fourth-order valence-corrected chi connectivity index (χ4v) is 4.40. The second-order valence-electron chi connectivity index (χ2n) is 8.98. The van der Waals surface area contributed by atoms with Crippen LogP contribution >= 0.6 is 24.0 Å². The fraction of sp³-hybridized carbons (Fsp3) is 0.667. The Bertz CT molecular complexity index is 737. The van der Waals surface area contributed by atoms with E-state index in [0.717, 1.165) is 58.2 Å².